The molecule has 0 unspecified atom stereocenters. The van der Waals surface area contributed by atoms with Gasteiger partial charge < -0.3 is 16.4 Å². The van der Waals surface area contributed by atoms with Crippen LogP contribution in [0.1, 0.15) is 44.9 Å². The molecular weight excluding hydrogens is 190 g/mol. The molecule has 88 valence electrons. The molecule has 0 heterocycles. The van der Waals surface area contributed by atoms with Gasteiger partial charge in [-0.05, 0) is 25.8 Å². The first-order chi connectivity index (χ1) is 7.25. The quantitative estimate of drug-likeness (QED) is 0.693. The minimum atomic E-state index is -0.282. The van der Waals surface area contributed by atoms with Crippen LogP contribution >= 0.6 is 0 Å². The molecule has 0 aromatic rings. The number of hydrogen-bond acceptors (Lipinski definition) is 2. The van der Waals surface area contributed by atoms with E-state index in [4.69, 9.17) is 11.5 Å². The van der Waals surface area contributed by atoms with E-state index in [0.717, 1.165) is 25.8 Å². The number of nitrogens with zero attached hydrogens (tertiary/aromatic N) is 1. The fraction of sp³-hybridized carbons (Fsp3) is 0.909. The van der Waals surface area contributed by atoms with E-state index in [9.17, 15) is 4.79 Å². The van der Waals surface area contributed by atoms with Crippen LogP contribution in [-0.2, 0) is 0 Å². The summed E-state index contributed by atoms with van der Waals surface area (Å²) < 4.78 is 0. The highest BCUT2D eigenvalue weighted by Gasteiger charge is 2.21. The van der Waals surface area contributed by atoms with Gasteiger partial charge in [-0.15, -0.1) is 0 Å². The maximum atomic E-state index is 11.3. The molecule has 1 fully saturated rings. The molecule has 1 rings (SSSR count). The summed E-state index contributed by atoms with van der Waals surface area (Å²) in [5.74, 6) is 0. The molecule has 0 aromatic heterocycles. The minimum Gasteiger partial charge on any atom is -0.351 e. The number of urea groups is 1. The van der Waals surface area contributed by atoms with Crippen molar-refractivity contribution in [3.05, 3.63) is 0 Å². The lowest BCUT2D eigenvalue weighted by Gasteiger charge is -2.29. The third-order valence-electron chi connectivity index (χ3n) is 3.15. The van der Waals surface area contributed by atoms with E-state index >= 15 is 0 Å². The summed E-state index contributed by atoms with van der Waals surface area (Å²) in [6.45, 7) is 1.34. The van der Waals surface area contributed by atoms with Gasteiger partial charge in [-0.2, -0.15) is 0 Å². The first-order valence-electron chi connectivity index (χ1n) is 6.02. The van der Waals surface area contributed by atoms with Crippen LogP contribution in [0.3, 0.4) is 0 Å². The number of primary amides is 1. The molecule has 2 amide bonds. The Labute approximate surface area is 92.0 Å². The zero-order chi connectivity index (χ0) is 11.1. The Balaban J connectivity index is 2.48. The second-order valence-electron chi connectivity index (χ2n) is 4.32. The maximum Gasteiger partial charge on any atom is 0.315 e. The summed E-state index contributed by atoms with van der Waals surface area (Å²) in [7, 11) is 0. The Bertz CT molecular complexity index is 188. The van der Waals surface area contributed by atoms with Crippen molar-refractivity contribution in [2.75, 3.05) is 13.1 Å². The highest BCUT2D eigenvalue weighted by molar-refractivity contribution is 5.72. The number of carbonyl (C=O) groups excluding carboxylic acids is 1. The Morgan fingerprint density at radius 3 is 2.27 bits per heavy atom. The van der Waals surface area contributed by atoms with Gasteiger partial charge >= 0.3 is 6.03 Å². The van der Waals surface area contributed by atoms with Crippen molar-refractivity contribution in [3.8, 4) is 0 Å². The molecule has 0 radical (unpaired) electrons. The van der Waals surface area contributed by atoms with Crippen molar-refractivity contribution in [2.24, 2.45) is 11.5 Å². The third-order valence-corrected chi connectivity index (χ3v) is 3.15. The van der Waals surface area contributed by atoms with E-state index in [2.05, 4.69) is 0 Å². The Morgan fingerprint density at radius 2 is 1.80 bits per heavy atom. The zero-order valence-electron chi connectivity index (χ0n) is 9.45. The summed E-state index contributed by atoms with van der Waals surface area (Å²) in [6, 6.07) is 0.0758. The van der Waals surface area contributed by atoms with Crippen molar-refractivity contribution in [3.63, 3.8) is 0 Å². The highest BCUT2D eigenvalue weighted by Crippen LogP contribution is 2.21. The molecule has 1 aliphatic carbocycles. The smallest absolute Gasteiger partial charge is 0.315 e. The molecule has 4 N–H and O–H groups in total. The van der Waals surface area contributed by atoms with Crippen molar-refractivity contribution in [1.29, 1.82) is 0 Å². The fourth-order valence-corrected chi connectivity index (χ4v) is 2.30. The van der Waals surface area contributed by atoms with Gasteiger partial charge in [0.2, 0.25) is 0 Å². The van der Waals surface area contributed by atoms with Crippen molar-refractivity contribution >= 4 is 6.03 Å². The lowest BCUT2D eigenvalue weighted by molar-refractivity contribution is 0.175. The van der Waals surface area contributed by atoms with Crippen molar-refractivity contribution < 1.29 is 4.79 Å². The SMILES string of the molecule is NCCCN(C(N)=O)C1CCCCCC1. The van der Waals surface area contributed by atoms with Crippen LogP contribution in [0.15, 0.2) is 0 Å². The highest BCUT2D eigenvalue weighted by atomic mass is 16.2. The first-order valence-corrected chi connectivity index (χ1v) is 6.02. The van der Waals surface area contributed by atoms with E-state index in [1.807, 2.05) is 4.90 Å². The van der Waals surface area contributed by atoms with Crippen molar-refractivity contribution in [2.45, 2.75) is 51.0 Å². The second-order valence-corrected chi connectivity index (χ2v) is 4.32. The van der Waals surface area contributed by atoms with Crippen LogP contribution in [0.25, 0.3) is 0 Å². The van der Waals surface area contributed by atoms with Gasteiger partial charge in [0.25, 0.3) is 0 Å². The van der Waals surface area contributed by atoms with Crippen LogP contribution in [0.2, 0.25) is 0 Å². The molecule has 0 atom stereocenters. The van der Waals surface area contributed by atoms with E-state index in [1.165, 1.54) is 25.7 Å². The Hall–Kier alpha value is -0.770. The monoisotopic (exact) mass is 213 g/mol. The van der Waals surface area contributed by atoms with Gasteiger partial charge in [0.15, 0.2) is 0 Å². The van der Waals surface area contributed by atoms with Crippen LogP contribution < -0.4 is 11.5 Å². The van der Waals surface area contributed by atoms with Crippen molar-refractivity contribution in [1.82, 2.24) is 4.90 Å². The summed E-state index contributed by atoms with van der Waals surface area (Å²) in [5, 5.41) is 0. The zero-order valence-corrected chi connectivity index (χ0v) is 9.45. The van der Waals surface area contributed by atoms with E-state index in [0.29, 0.717) is 12.6 Å². The molecule has 4 nitrogen and oxygen atoms in total. The van der Waals surface area contributed by atoms with E-state index in [1.54, 1.807) is 0 Å². The molecule has 1 aliphatic rings. The Kier molecular flexibility index (Phi) is 5.47. The van der Waals surface area contributed by atoms with Crippen LogP contribution in [0.5, 0.6) is 0 Å². The van der Waals surface area contributed by atoms with Crippen LogP contribution in [0.4, 0.5) is 4.79 Å². The molecule has 4 heteroatoms. The topological polar surface area (TPSA) is 72.3 Å². The molecule has 1 saturated carbocycles. The number of nitrogens with two attached hydrogens (primary N) is 2. The van der Waals surface area contributed by atoms with Crippen LogP contribution in [-0.4, -0.2) is 30.1 Å². The van der Waals surface area contributed by atoms with Gasteiger partial charge in [0.1, 0.15) is 0 Å². The largest absolute Gasteiger partial charge is 0.351 e. The normalized spacial score (nSPS) is 18.5. The van der Waals surface area contributed by atoms with Gasteiger partial charge in [-0.25, -0.2) is 4.79 Å². The number of hydrogen-bond donors (Lipinski definition) is 2. The lowest BCUT2D eigenvalue weighted by atomic mass is 10.1. The van der Waals surface area contributed by atoms with Gasteiger partial charge in [0, 0.05) is 12.6 Å². The van der Waals surface area contributed by atoms with E-state index < -0.39 is 0 Å². The number of rotatable bonds is 4. The molecule has 0 aromatic carbocycles. The average Bonchev–Trinajstić information content (AvgIpc) is 2.47. The molecule has 0 saturated heterocycles. The summed E-state index contributed by atoms with van der Waals surface area (Å²) >= 11 is 0. The molecule has 15 heavy (non-hydrogen) atoms. The van der Waals surface area contributed by atoms with Gasteiger partial charge in [-0.3, -0.25) is 0 Å². The fourth-order valence-electron chi connectivity index (χ4n) is 2.30. The first kappa shape index (κ1) is 12.3. The third kappa shape index (κ3) is 4.08. The molecule has 0 bridgehead atoms. The predicted molar refractivity (Wildman–Crippen MR) is 61.5 cm³/mol. The minimum absolute atomic E-state index is 0.282. The van der Waals surface area contributed by atoms with Gasteiger partial charge in [-0.1, -0.05) is 25.7 Å². The number of amides is 2. The molecule has 0 aliphatic heterocycles. The maximum absolute atomic E-state index is 11.3. The molecule has 0 spiro atoms. The standard InChI is InChI=1S/C11H23N3O/c12-8-5-9-14(11(13)15)10-6-3-1-2-4-7-10/h10H,1-9,12H2,(H2,13,15). The van der Waals surface area contributed by atoms with Crippen LogP contribution in [0, 0.1) is 0 Å². The van der Waals surface area contributed by atoms with Gasteiger partial charge in [0.05, 0.1) is 0 Å². The summed E-state index contributed by atoms with van der Waals surface area (Å²) in [6.07, 6.45) is 8.08. The Morgan fingerprint density at radius 1 is 1.20 bits per heavy atom. The summed E-state index contributed by atoms with van der Waals surface area (Å²) in [4.78, 5) is 13.1. The second kappa shape index (κ2) is 6.67. The summed E-state index contributed by atoms with van der Waals surface area (Å²) in [5.41, 5.74) is 10.9. The molecular formula is C11H23N3O. The van der Waals surface area contributed by atoms with E-state index in [-0.39, 0.29) is 6.03 Å². The average molecular weight is 213 g/mol. The predicted octanol–water partition coefficient (Wildman–Crippen LogP) is 1.44. The lowest BCUT2D eigenvalue weighted by Crippen LogP contribution is -2.44. The number of carbonyl (C=O) groups is 1.